The summed E-state index contributed by atoms with van der Waals surface area (Å²) in [6.07, 6.45) is 1.83. The predicted molar refractivity (Wildman–Crippen MR) is 140 cm³/mol. The number of halogens is 1. The van der Waals surface area contributed by atoms with Gasteiger partial charge in [0.05, 0.1) is 39.8 Å². The largest absolute Gasteiger partial charge is 0.463 e. The van der Waals surface area contributed by atoms with Crippen molar-refractivity contribution < 1.29 is 13.9 Å². The topological polar surface area (TPSA) is 78.5 Å². The number of aryl methyl sites for hydroxylation is 1. The molecule has 1 atom stereocenters. The van der Waals surface area contributed by atoms with Gasteiger partial charge in [-0.15, -0.1) is 0 Å². The lowest BCUT2D eigenvalue weighted by molar-refractivity contribution is -0.139. The lowest BCUT2D eigenvalue weighted by Gasteiger charge is -2.24. The van der Waals surface area contributed by atoms with Gasteiger partial charge in [-0.3, -0.25) is 9.36 Å². The molecule has 0 saturated carbocycles. The summed E-state index contributed by atoms with van der Waals surface area (Å²) in [7, 11) is 0. The highest BCUT2D eigenvalue weighted by atomic mass is 32.1. The zero-order valence-electron chi connectivity index (χ0n) is 20.9. The second kappa shape index (κ2) is 9.74. The Morgan fingerprint density at radius 2 is 1.81 bits per heavy atom. The Hall–Kier alpha value is -4.11. The van der Waals surface area contributed by atoms with Gasteiger partial charge in [-0.05, 0) is 63.6 Å². The van der Waals surface area contributed by atoms with E-state index in [0.29, 0.717) is 20.6 Å². The van der Waals surface area contributed by atoms with Gasteiger partial charge in [-0.1, -0.05) is 41.7 Å². The highest BCUT2D eigenvalue weighted by molar-refractivity contribution is 7.07. The van der Waals surface area contributed by atoms with Crippen molar-refractivity contribution in [1.29, 1.82) is 0 Å². The Kier molecular flexibility index (Phi) is 6.47. The number of fused-ring (bicyclic) bond motifs is 1. The Labute approximate surface area is 216 Å². The Morgan fingerprint density at radius 3 is 2.49 bits per heavy atom. The normalized spacial score (nSPS) is 15.5. The molecule has 0 amide bonds. The van der Waals surface area contributed by atoms with Gasteiger partial charge in [-0.25, -0.2) is 18.9 Å². The number of esters is 1. The van der Waals surface area contributed by atoms with Crippen molar-refractivity contribution in [3.8, 4) is 5.69 Å². The molecule has 7 nitrogen and oxygen atoms in total. The summed E-state index contributed by atoms with van der Waals surface area (Å²) in [5, 5.41) is 4.68. The van der Waals surface area contributed by atoms with Crippen molar-refractivity contribution in [2.24, 2.45) is 4.99 Å². The van der Waals surface area contributed by atoms with Gasteiger partial charge in [0, 0.05) is 11.3 Å². The van der Waals surface area contributed by atoms with Crippen molar-refractivity contribution in [1.82, 2.24) is 14.3 Å². The molecule has 0 fully saturated rings. The molecule has 5 rings (SSSR count). The average molecular weight is 517 g/mol. The first kappa shape index (κ1) is 24.6. The Morgan fingerprint density at radius 1 is 1.11 bits per heavy atom. The number of benzene rings is 2. The summed E-state index contributed by atoms with van der Waals surface area (Å²) < 4.78 is 22.8. The molecule has 0 aliphatic carbocycles. The molecular weight excluding hydrogens is 491 g/mol. The van der Waals surface area contributed by atoms with E-state index in [0.717, 1.165) is 22.6 Å². The maximum Gasteiger partial charge on any atom is 0.338 e. The quantitative estimate of drug-likeness (QED) is 0.379. The lowest BCUT2D eigenvalue weighted by atomic mass is 9.96. The van der Waals surface area contributed by atoms with Crippen LogP contribution in [0.4, 0.5) is 4.39 Å². The zero-order valence-corrected chi connectivity index (χ0v) is 21.7. The van der Waals surface area contributed by atoms with Crippen LogP contribution in [0.2, 0.25) is 0 Å². The van der Waals surface area contributed by atoms with Gasteiger partial charge < -0.3 is 4.74 Å². The van der Waals surface area contributed by atoms with Gasteiger partial charge >= 0.3 is 5.97 Å². The molecule has 0 radical (unpaired) electrons. The number of allylic oxidation sites excluding steroid dienone is 1. The van der Waals surface area contributed by atoms with Gasteiger partial charge in [0.1, 0.15) is 5.82 Å². The van der Waals surface area contributed by atoms with E-state index in [-0.39, 0.29) is 17.7 Å². The number of para-hydroxylation sites is 1. The van der Waals surface area contributed by atoms with E-state index in [2.05, 4.69) is 10.1 Å². The fourth-order valence-corrected chi connectivity index (χ4v) is 5.60. The third-order valence-corrected chi connectivity index (χ3v) is 7.31. The second-order valence-electron chi connectivity index (χ2n) is 8.69. The molecule has 188 valence electrons. The summed E-state index contributed by atoms with van der Waals surface area (Å²) in [6, 6.07) is 14.8. The molecule has 4 aromatic rings. The maximum atomic E-state index is 13.8. The van der Waals surface area contributed by atoms with E-state index in [9.17, 15) is 14.0 Å². The first-order valence-corrected chi connectivity index (χ1v) is 12.7. The zero-order chi connectivity index (χ0) is 26.3. The Balaban J connectivity index is 1.70. The van der Waals surface area contributed by atoms with Crippen molar-refractivity contribution in [3.05, 3.63) is 114 Å². The smallest absolute Gasteiger partial charge is 0.338 e. The first-order chi connectivity index (χ1) is 17.8. The summed E-state index contributed by atoms with van der Waals surface area (Å²) in [4.78, 5) is 31.8. The van der Waals surface area contributed by atoms with Crippen molar-refractivity contribution in [2.75, 3.05) is 6.61 Å². The van der Waals surface area contributed by atoms with Crippen molar-refractivity contribution >= 4 is 23.4 Å². The van der Waals surface area contributed by atoms with Crippen molar-refractivity contribution in [3.63, 3.8) is 0 Å². The number of nitrogens with zero attached hydrogens (tertiary/aromatic N) is 4. The van der Waals surface area contributed by atoms with Crippen LogP contribution in [0.1, 0.15) is 42.4 Å². The minimum atomic E-state index is -0.785. The van der Waals surface area contributed by atoms with Crippen LogP contribution in [0.25, 0.3) is 11.8 Å². The van der Waals surface area contributed by atoms with E-state index in [1.165, 1.54) is 28.0 Å². The van der Waals surface area contributed by atoms with Crippen LogP contribution in [-0.4, -0.2) is 26.9 Å². The number of hydrogen-bond donors (Lipinski definition) is 0. The van der Waals surface area contributed by atoms with Crippen LogP contribution < -0.4 is 14.9 Å². The maximum absolute atomic E-state index is 13.8. The van der Waals surface area contributed by atoms with E-state index in [1.807, 2.05) is 54.9 Å². The summed E-state index contributed by atoms with van der Waals surface area (Å²) in [6.45, 7) is 7.48. The number of hydrogen-bond acceptors (Lipinski definition) is 6. The first-order valence-electron chi connectivity index (χ1n) is 11.9. The molecule has 0 bridgehead atoms. The molecule has 1 aliphatic rings. The van der Waals surface area contributed by atoms with E-state index in [1.54, 1.807) is 26.0 Å². The van der Waals surface area contributed by atoms with Gasteiger partial charge in [0.2, 0.25) is 0 Å². The predicted octanol–water partition coefficient (Wildman–Crippen LogP) is 3.74. The average Bonchev–Trinajstić information content (AvgIpc) is 3.34. The molecular formula is C28H25FN4O3S. The number of ether oxygens (including phenoxy) is 1. The molecule has 37 heavy (non-hydrogen) atoms. The molecule has 0 unspecified atom stereocenters. The molecule has 0 spiro atoms. The highest BCUT2D eigenvalue weighted by Crippen LogP contribution is 2.30. The molecule has 3 heterocycles. The van der Waals surface area contributed by atoms with Gasteiger partial charge in [0.15, 0.2) is 4.80 Å². The SMILES string of the molecule is CCOC(=O)C1=C(C)N=c2s/c(=C/c3c(C)nn(-c4ccccc4)c3C)c(=O)n2[C@@H]1c1ccc(F)cc1. The van der Waals surface area contributed by atoms with Crippen LogP contribution in [-0.2, 0) is 9.53 Å². The van der Waals surface area contributed by atoms with Gasteiger partial charge in [-0.2, -0.15) is 5.10 Å². The number of carbonyl (C=O) groups excluding carboxylic acids is 1. The van der Waals surface area contributed by atoms with E-state index in [4.69, 9.17) is 4.74 Å². The minimum Gasteiger partial charge on any atom is -0.463 e. The standard InChI is InChI=1S/C28H25FN4O3S/c1-5-36-27(35)24-17(3)30-28-32(25(24)19-11-13-20(29)14-12-19)26(34)23(37-28)15-22-16(2)31-33(18(22)4)21-9-7-6-8-10-21/h6-15,25H,5H2,1-4H3/b23-15+/t25-/m1/s1. The third-order valence-electron chi connectivity index (χ3n) is 6.33. The molecule has 2 aromatic heterocycles. The van der Waals surface area contributed by atoms with Crippen LogP contribution >= 0.6 is 11.3 Å². The number of thiazole rings is 1. The Bertz CT molecular complexity index is 1710. The fraction of sp³-hybridized carbons (Fsp3) is 0.214. The number of carbonyl (C=O) groups is 1. The molecule has 0 N–H and O–H groups in total. The number of aromatic nitrogens is 3. The molecule has 1 aliphatic heterocycles. The molecule has 9 heteroatoms. The molecule has 2 aromatic carbocycles. The third kappa shape index (κ3) is 4.35. The van der Waals surface area contributed by atoms with Crippen LogP contribution in [0.3, 0.4) is 0 Å². The fourth-order valence-electron chi connectivity index (χ4n) is 4.57. The summed E-state index contributed by atoms with van der Waals surface area (Å²) in [5.41, 5.74) is 4.47. The number of rotatable bonds is 5. The van der Waals surface area contributed by atoms with Crippen LogP contribution in [0, 0.1) is 19.7 Å². The highest BCUT2D eigenvalue weighted by Gasteiger charge is 2.33. The molecule has 0 saturated heterocycles. The summed E-state index contributed by atoms with van der Waals surface area (Å²) in [5.74, 6) is -0.959. The second-order valence-corrected chi connectivity index (χ2v) is 9.69. The summed E-state index contributed by atoms with van der Waals surface area (Å²) >= 11 is 1.24. The minimum absolute atomic E-state index is 0.181. The van der Waals surface area contributed by atoms with E-state index < -0.39 is 17.8 Å². The van der Waals surface area contributed by atoms with Gasteiger partial charge in [0.25, 0.3) is 5.56 Å². The lowest BCUT2D eigenvalue weighted by Crippen LogP contribution is -2.40. The monoisotopic (exact) mass is 516 g/mol. The van der Waals surface area contributed by atoms with Crippen LogP contribution in [0.5, 0.6) is 0 Å². The van der Waals surface area contributed by atoms with E-state index >= 15 is 0 Å². The van der Waals surface area contributed by atoms with Crippen LogP contribution in [0.15, 0.2) is 75.7 Å². The van der Waals surface area contributed by atoms with Crippen molar-refractivity contribution in [2.45, 2.75) is 33.7 Å².